The van der Waals surface area contributed by atoms with Gasteiger partial charge in [-0.25, -0.2) is 0 Å². The summed E-state index contributed by atoms with van der Waals surface area (Å²) < 4.78 is 0. The van der Waals surface area contributed by atoms with E-state index >= 15 is 0 Å². The van der Waals surface area contributed by atoms with E-state index in [1.54, 1.807) is 0 Å². The van der Waals surface area contributed by atoms with E-state index in [1.165, 1.54) is 0 Å². The summed E-state index contributed by atoms with van der Waals surface area (Å²) in [5.41, 5.74) is -1.54. The molecular weight excluding hydrogens is 332 g/mol. The summed E-state index contributed by atoms with van der Waals surface area (Å²) in [6.45, 7) is 19.6. The molecule has 148 valence electrons. The lowest BCUT2D eigenvalue weighted by Gasteiger charge is -2.61. The summed E-state index contributed by atoms with van der Waals surface area (Å²) in [5.74, 6) is 0.114. The second kappa shape index (κ2) is 5.35. The summed E-state index contributed by atoms with van der Waals surface area (Å²) in [5, 5.41) is 12.6. The van der Waals surface area contributed by atoms with Gasteiger partial charge in [0.2, 0.25) is 0 Å². The first-order valence-electron chi connectivity index (χ1n) is 10.1. The van der Waals surface area contributed by atoms with Crippen LogP contribution in [0.2, 0.25) is 0 Å². The molecule has 2 fully saturated rings. The van der Waals surface area contributed by atoms with E-state index in [0.717, 1.165) is 5.56 Å². The molecule has 0 aliphatic heterocycles. The van der Waals surface area contributed by atoms with Crippen LogP contribution in [0.15, 0.2) is 35.9 Å². The minimum Gasteiger partial charge on any atom is -0.384 e. The maximum Gasteiger partial charge on any atom is 0.168 e. The maximum absolute atomic E-state index is 13.6. The number of hydrogen-bond acceptors (Lipinski definition) is 2. The standard InChI is InChI=1S/C25H36O2/c1-20(2,3)24(21(4,5)6)16-23(9)19(26)18(25(24,27)22(23,7)8)15-17-13-11-10-12-14-17/h10-15,27H,16H2,1-9H3. The molecule has 2 heteroatoms. The van der Waals surface area contributed by atoms with E-state index in [9.17, 15) is 9.90 Å². The van der Waals surface area contributed by atoms with E-state index in [-0.39, 0.29) is 16.6 Å². The molecule has 3 rings (SSSR count). The Balaban J connectivity index is 2.41. The monoisotopic (exact) mass is 368 g/mol. The van der Waals surface area contributed by atoms with Crippen molar-refractivity contribution < 1.29 is 9.90 Å². The molecule has 1 aromatic carbocycles. The van der Waals surface area contributed by atoms with Crippen molar-refractivity contribution >= 4 is 11.9 Å². The van der Waals surface area contributed by atoms with Crippen molar-refractivity contribution in [2.45, 2.75) is 74.3 Å². The number of Topliss-reactive ketones (excluding diaryl/α,β-unsaturated/α-hetero) is 1. The van der Waals surface area contributed by atoms with Gasteiger partial charge in [-0.3, -0.25) is 4.79 Å². The molecule has 27 heavy (non-hydrogen) atoms. The molecule has 2 aliphatic carbocycles. The normalized spacial score (nSPS) is 33.7. The van der Waals surface area contributed by atoms with E-state index in [2.05, 4.69) is 62.3 Å². The molecule has 2 nitrogen and oxygen atoms in total. The van der Waals surface area contributed by atoms with Crippen molar-refractivity contribution in [1.29, 1.82) is 0 Å². The van der Waals surface area contributed by atoms with Crippen molar-refractivity contribution in [2.24, 2.45) is 27.1 Å². The first-order valence-corrected chi connectivity index (χ1v) is 10.1. The van der Waals surface area contributed by atoms with Crippen LogP contribution in [0.1, 0.15) is 74.3 Å². The van der Waals surface area contributed by atoms with Crippen LogP contribution in [0.4, 0.5) is 0 Å². The fourth-order valence-corrected chi connectivity index (χ4v) is 6.83. The third kappa shape index (κ3) is 2.08. The first-order chi connectivity index (χ1) is 12.1. The summed E-state index contributed by atoms with van der Waals surface area (Å²) in [7, 11) is 0. The number of hydrogen-bond donors (Lipinski definition) is 1. The van der Waals surface area contributed by atoms with Crippen LogP contribution >= 0.6 is 0 Å². The van der Waals surface area contributed by atoms with E-state index in [4.69, 9.17) is 0 Å². The van der Waals surface area contributed by atoms with Crippen LogP contribution in [0.3, 0.4) is 0 Å². The Bertz CT molecular complexity index is 787. The van der Waals surface area contributed by atoms with Gasteiger partial charge < -0.3 is 5.11 Å². The van der Waals surface area contributed by atoms with Crippen LogP contribution < -0.4 is 0 Å². The molecule has 0 heterocycles. The summed E-state index contributed by atoms with van der Waals surface area (Å²) in [4.78, 5) is 13.6. The lowest BCUT2D eigenvalue weighted by atomic mass is 9.44. The lowest BCUT2D eigenvalue weighted by molar-refractivity contribution is -0.186. The van der Waals surface area contributed by atoms with Gasteiger partial charge in [0, 0.05) is 21.8 Å². The molecule has 0 saturated heterocycles. The first kappa shape index (κ1) is 20.3. The molecule has 0 aromatic heterocycles. The number of carbonyl (C=O) groups is 1. The van der Waals surface area contributed by atoms with E-state index in [1.807, 2.05) is 36.4 Å². The number of benzene rings is 1. The maximum atomic E-state index is 13.6. The Hall–Kier alpha value is -1.41. The molecule has 1 aromatic rings. The van der Waals surface area contributed by atoms with Crippen molar-refractivity contribution in [3.8, 4) is 0 Å². The van der Waals surface area contributed by atoms with Crippen LogP contribution in [-0.2, 0) is 4.79 Å². The third-order valence-corrected chi connectivity index (χ3v) is 8.33. The lowest BCUT2D eigenvalue weighted by Crippen LogP contribution is -2.63. The zero-order valence-corrected chi connectivity index (χ0v) is 18.5. The fourth-order valence-electron chi connectivity index (χ4n) is 6.83. The van der Waals surface area contributed by atoms with Crippen LogP contribution in [-0.4, -0.2) is 16.5 Å². The molecule has 2 unspecified atom stereocenters. The predicted octanol–water partition coefficient (Wildman–Crippen LogP) is 5.90. The average Bonchev–Trinajstić information content (AvgIpc) is 2.74. The fraction of sp³-hybridized carbons (Fsp3) is 0.640. The number of carbonyl (C=O) groups excluding carboxylic acids is 1. The number of aliphatic hydroxyl groups is 1. The third-order valence-electron chi connectivity index (χ3n) is 8.33. The second-order valence-corrected chi connectivity index (χ2v) is 11.5. The van der Waals surface area contributed by atoms with Gasteiger partial charge in [0.15, 0.2) is 5.78 Å². The van der Waals surface area contributed by atoms with E-state index < -0.39 is 21.8 Å². The summed E-state index contributed by atoms with van der Waals surface area (Å²) in [6, 6.07) is 9.92. The van der Waals surface area contributed by atoms with Crippen LogP contribution in [0.25, 0.3) is 6.08 Å². The molecule has 2 saturated carbocycles. The van der Waals surface area contributed by atoms with Gasteiger partial charge in [-0.2, -0.15) is 0 Å². The number of fused-ring (bicyclic) bond motifs is 2. The minimum atomic E-state index is -1.20. The van der Waals surface area contributed by atoms with Gasteiger partial charge in [-0.1, -0.05) is 92.6 Å². The Kier molecular flexibility index (Phi) is 4.03. The van der Waals surface area contributed by atoms with Gasteiger partial charge in [0.1, 0.15) is 5.60 Å². The molecule has 2 atom stereocenters. The van der Waals surface area contributed by atoms with Crippen molar-refractivity contribution in [3.05, 3.63) is 41.5 Å². The van der Waals surface area contributed by atoms with Gasteiger partial charge in [-0.05, 0) is 28.9 Å². The van der Waals surface area contributed by atoms with Gasteiger partial charge in [0.05, 0.1) is 0 Å². The van der Waals surface area contributed by atoms with Gasteiger partial charge >= 0.3 is 0 Å². The highest BCUT2D eigenvalue weighted by Crippen LogP contribution is 2.81. The zero-order valence-electron chi connectivity index (χ0n) is 18.5. The smallest absolute Gasteiger partial charge is 0.168 e. The predicted molar refractivity (Wildman–Crippen MR) is 112 cm³/mol. The average molecular weight is 369 g/mol. The molecule has 0 spiro atoms. The second-order valence-electron chi connectivity index (χ2n) is 11.5. The molecular formula is C25H36O2. The molecule has 2 bridgehead atoms. The van der Waals surface area contributed by atoms with Crippen LogP contribution in [0, 0.1) is 27.1 Å². The van der Waals surface area contributed by atoms with Crippen molar-refractivity contribution in [3.63, 3.8) is 0 Å². The van der Waals surface area contributed by atoms with Crippen molar-refractivity contribution in [2.75, 3.05) is 0 Å². The summed E-state index contributed by atoms with van der Waals surface area (Å²) in [6.07, 6.45) is 2.65. The molecule has 1 N–H and O–H groups in total. The largest absolute Gasteiger partial charge is 0.384 e. The van der Waals surface area contributed by atoms with Gasteiger partial charge in [0.25, 0.3) is 0 Å². The van der Waals surface area contributed by atoms with Crippen molar-refractivity contribution in [1.82, 2.24) is 0 Å². The topological polar surface area (TPSA) is 37.3 Å². The van der Waals surface area contributed by atoms with Crippen LogP contribution in [0.5, 0.6) is 0 Å². The number of rotatable bonds is 1. The Morgan fingerprint density at radius 1 is 0.926 bits per heavy atom. The molecule has 0 amide bonds. The highest BCUT2D eigenvalue weighted by Gasteiger charge is 2.85. The quantitative estimate of drug-likeness (QED) is 0.627. The molecule has 0 radical (unpaired) electrons. The minimum absolute atomic E-state index is 0.114. The summed E-state index contributed by atoms with van der Waals surface area (Å²) >= 11 is 0. The van der Waals surface area contributed by atoms with E-state index in [0.29, 0.717) is 12.0 Å². The Morgan fingerprint density at radius 2 is 1.41 bits per heavy atom. The zero-order chi connectivity index (χ0) is 20.7. The Labute approximate surface area is 165 Å². The SMILES string of the molecule is CC(C)(C)C1(C(C)(C)C)CC2(C)C(=O)C(=Cc3ccccc3)C1(O)C2(C)C. The highest BCUT2D eigenvalue weighted by molar-refractivity contribution is 6.10. The van der Waals surface area contributed by atoms with Gasteiger partial charge in [-0.15, -0.1) is 0 Å². The molecule has 2 aliphatic rings. The number of ketones is 1. The highest BCUT2D eigenvalue weighted by atomic mass is 16.3. The Morgan fingerprint density at radius 3 is 1.81 bits per heavy atom.